The number of carbonyl (C=O) groups is 2. The van der Waals surface area contributed by atoms with Crippen LogP contribution in [-0.2, 0) is 14.3 Å². The number of hydrogen-bond acceptors (Lipinski definition) is 5. The maximum atomic E-state index is 11.9. The second kappa shape index (κ2) is 6.65. The van der Waals surface area contributed by atoms with Crippen molar-refractivity contribution >= 4 is 17.9 Å². The topological polar surface area (TPSA) is 102 Å². The number of amides is 1. The smallest absolute Gasteiger partial charge is 0.224 e. The van der Waals surface area contributed by atoms with Crippen LogP contribution in [0.1, 0.15) is 23.7 Å². The van der Waals surface area contributed by atoms with Crippen LogP contribution in [0.25, 0.3) is 0 Å². The van der Waals surface area contributed by atoms with E-state index in [2.05, 4.69) is 0 Å². The third kappa shape index (κ3) is 3.38. The lowest BCUT2D eigenvalue weighted by Gasteiger charge is -2.17. The molecule has 1 unspecified atom stereocenters. The van der Waals surface area contributed by atoms with Gasteiger partial charge in [0.1, 0.15) is 11.9 Å². The predicted molar refractivity (Wildman–Crippen MR) is 69.4 cm³/mol. The molecule has 0 saturated heterocycles. The summed E-state index contributed by atoms with van der Waals surface area (Å²) in [6.45, 7) is 0. The van der Waals surface area contributed by atoms with Crippen molar-refractivity contribution in [3.63, 3.8) is 0 Å². The molecule has 102 valence electrons. The van der Waals surface area contributed by atoms with Gasteiger partial charge in [0.25, 0.3) is 0 Å². The first-order chi connectivity index (χ1) is 9.04. The van der Waals surface area contributed by atoms with E-state index in [9.17, 15) is 9.59 Å². The molecule has 19 heavy (non-hydrogen) atoms. The molecule has 0 spiro atoms. The van der Waals surface area contributed by atoms with E-state index in [0.29, 0.717) is 16.9 Å². The van der Waals surface area contributed by atoms with Crippen molar-refractivity contribution in [3.8, 4) is 5.75 Å². The van der Waals surface area contributed by atoms with Gasteiger partial charge in [0, 0.05) is 24.5 Å². The van der Waals surface area contributed by atoms with E-state index >= 15 is 0 Å². The van der Waals surface area contributed by atoms with Crippen LogP contribution in [0.4, 0.5) is 0 Å². The number of Topliss-reactive ketones (excluding diaryl/α,β-unsaturated/α-hetero) is 1. The SMILES string of the molecule is COc1cccc(C(OC)C(=O)CC(N)=O)c1C=N. The number of ether oxygens (including phenoxy) is 2. The van der Waals surface area contributed by atoms with Gasteiger partial charge in [-0.15, -0.1) is 0 Å². The Morgan fingerprint density at radius 2 is 2.11 bits per heavy atom. The summed E-state index contributed by atoms with van der Waals surface area (Å²) in [5, 5.41) is 7.42. The highest BCUT2D eigenvalue weighted by molar-refractivity contribution is 6.01. The molecule has 0 bridgehead atoms. The Kier molecular flexibility index (Phi) is 5.20. The highest BCUT2D eigenvalue weighted by Crippen LogP contribution is 2.28. The molecule has 1 atom stereocenters. The first-order valence-electron chi connectivity index (χ1n) is 5.56. The summed E-state index contributed by atoms with van der Waals surface area (Å²) < 4.78 is 10.2. The van der Waals surface area contributed by atoms with Gasteiger partial charge in [0.2, 0.25) is 5.91 Å². The monoisotopic (exact) mass is 264 g/mol. The molecule has 1 aromatic carbocycles. The van der Waals surface area contributed by atoms with Crippen LogP contribution in [0.3, 0.4) is 0 Å². The second-order valence-corrected chi connectivity index (χ2v) is 3.83. The number of rotatable bonds is 7. The number of nitrogens with two attached hydrogens (primary N) is 1. The van der Waals surface area contributed by atoms with Crippen LogP contribution in [0.5, 0.6) is 5.75 Å². The van der Waals surface area contributed by atoms with Crippen molar-refractivity contribution in [1.29, 1.82) is 5.41 Å². The molecule has 0 fully saturated rings. The van der Waals surface area contributed by atoms with E-state index in [1.54, 1.807) is 18.2 Å². The normalized spacial score (nSPS) is 11.7. The van der Waals surface area contributed by atoms with Crippen LogP contribution in [0.2, 0.25) is 0 Å². The van der Waals surface area contributed by atoms with Gasteiger partial charge >= 0.3 is 0 Å². The summed E-state index contributed by atoms with van der Waals surface area (Å²) in [5.41, 5.74) is 5.92. The average molecular weight is 264 g/mol. The fraction of sp³-hybridized carbons (Fsp3) is 0.308. The summed E-state index contributed by atoms with van der Waals surface area (Å²) in [6, 6.07) is 5.01. The highest BCUT2D eigenvalue weighted by Gasteiger charge is 2.24. The van der Waals surface area contributed by atoms with E-state index in [1.165, 1.54) is 14.2 Å². The van der Waals surface area contributed by atoms with Gasteiger partial charge in [-0.2, -0.15) is 0 Å². The highest BCUT2D eigenvalue weighted by atomic mass is 16.5. The molecule has 3 N–H and O–H groups in total. The molecule has 0 radical (unpaired) electrons. The number of primary amides is 1. The molecule has 1 aromatic rings. The molecule has 6 heteroatoms. The summed E-state index contributed by atoms with van der Waals surface area (Å²) >= 11 is 0. The summed E-state index contributed by atoms with van der Waals surface area (Å²) in [7, 11) is 2.83. The van der Waals surface area contributed by atoms with Gasteiger partial charge in [-0.25, -0.2) is 0 Å². The van der Waals surface area contributed by atoms with Crippen molar-refractivity contribution < 1.29 is 19.1 Å². The molecule has 1 rings (SSSR count). The van der Waals surface area contributed by atoms with Crippen LogP contribution in [-0.4, -0.2) is 32.1 Å². The van der Waals surface area contributed by atoms with Crippen molar-refractivity contribution in [2.75, 3.05) is 14.2 Å². The Labute approximate surface area is 111 Å². The molecule has 0 heterocycles. The number of ketones is 1. The van der Waals surface area contributed by atoms with E-state index in [4.69, 9.17) is 20.6 Å². The maximum Gasteiger partial charge on any atom is 0.224 e. The number of benzene rings is 1. The van der Waals surface area contributed by atoms with Gasteiger partial charge < -0.3 is 20.6 Å². The summed E-state index contributed by atoms with van der Waals surface area (Å²) in [6.07, 6.45) is -0.274. The fourth-order valence-corrected chi connectivity index (χ4v) is 1.82. The second-order valence-electron chi connectivity index (χ2n) is 3.83. The Bertz CT molecular complexity index is 499. The van der Waals surface area contributed by atoms with E-state index in [1.807, 2.05) is 0 Å². The average Bonchev–Trinajstić information content (AvgIpc) is 2.38. The molecule has 0 aliphatic heterocycles. The van der Waals surface area contributed by atoms with E-state index < -0.39 is 24.2 Å². The Morgan fingerprint density at radius 3 is 2.58 bits per heavy atom. The molecule has 0 saturated carbocycles. The van der Waals surface area contributed by atoms with Crippen molar-refractivity contribution in [2.45, 2.75) is 12.5 Å². The van der Waals surface area contributed by atoms with Crippen LogP contribution in [0.15, 0.2) is 18.2 Å². The number of methoxy groups -OCH3 is 2. The Hall–Kier alpha value is -2.21. The molecule has 0 aliphatic rings. The van der Waals surface area contributed by atoms with Gasteiger partial charge in [-0.1, -0.05) is 12.1 Å². The number of hydrogen-bond donors (Lipinski definition) is 2. The minimum absolute atomic E-state index is 0.410. The Morgan fingerprint density at radius 1 is 1.42 bits per heavy atom. The third-order valence-corrected chi connectivity index (χ3v) is 2.62. The molecule has 0 aromatic heterocycles. The van der Waals surface area contributed by atoms with Gasteiger partial charge in [0.15, 0.2) is 5.78 Å². The summed E-state index contributed by atoms with van der Waals surface area (Å²) in [4.78, 5) is 22.7. The largest absolute Gasteiger partial charge is 0.496 e. The molecular weight excluding hydrogens is 248 g/mol. The van der Waals surface area contributed by atoms with E-state index in [-0.39, 0.29) is 0 Å². The zero-order chi connectivity index (χ0) is 14.4. The quantitative estimate of drug-likeness (QED) is 0.562. The minimum Gasteiger partial charge on any atom is -0.496 e. The lowest BCUT2D eigenvalue weighted by atomic mass is 9.97. The van der Waals surface area contributed by atoms with Crippen LogP contribution < -0.4 is 10.5 Å². The van der Waals surface area contributed by atoms with Crippen LogP contribution in [0, 0.1) is 5.41 Å². The third-order valence-electron chi connectivity index (χ3n) is 2.62. The zero-order valence-corrected chi connectivity index (χ0v) is 10.8. The first-order valence-corrected chi connectivity index (χ1v) is 5.56. The molecule has 0 aliphatic carbocycles. The van der Waals surface area contributed by atoms with E-state index in [0.717, 1.165) is 6.21 Å². The molecule has 6 nitrogen and oxygen atoms in total. The zero-order valence-electron chi connectivity index (χ0n) is 10.8. The lowest BCUT2D eigenvalue weighted by molar-refractivity contribution is -0.133. The van der Waals surface area contributed by atoms with Crippen molar-refractivity contribution in [3.05, 3.63) is 29.3 Å². The number of nitrogens with one attached hydrogen (secondary N) is 1. The van der Waals surface area contributed by atoms with Crippen LogP contribution >= 0.6 is 0 Å². The Balaban J connectivity index is 3.21. The standard InChI is InChI=1S/C13H16N2O4/c1-18-11-5-3-4-8(9(11)7-14)13(19-2)10(16)6-12(15)17/h3-5,7,13-14H,6H2,1-2H3,(H2,15,17). The first kappa shape index (κ1) is 14.8. The molecule has 1 amide bonds. The predicted octanol–water partition coefficient (Wildman–Crippen LogP) is 0.825. The molecular formula is C13H16N2O4. The fourth-order valence-electron chi connectivity index (χ4n) is 1.82. The van der Waals surface area contributed by atoms with Gasteiger partial charge in [-0.05, 0) is 6.07 Å². The van der Waals surface area contributed by atoms with Gasteiger partial charge in [-0.3, -0.25) is 9.59 Å². The maximum absolute atomic E-state index is 11.9. The lowest BCUT2D eigenvalue weighted by Crippen LogP contribution is -2.23. The minimum atomic E-state index is -0.945. The van der Waals surface area contributed by atoms with Crippen molar-refractivity contribution in [2.24, 2.45) is 5.73 Å². The number of carbonyl (C=O) groups excluding carboxylic acids is 2. The van der Waals surface area contributed by atoms with Crippen molar-refractivity contribution in [1.82, 2.24) is 0 Å². The van der Waals surface area contributed by atoms with Gasteiger partial charge in [0.05, 0.1) is 13.5 Å². The summed E-state index contributed by atoms with van der Waals surface area (Å²) in [5.74, 6) is -0.709.